The molecule has 1 N–H and O–H groups in total. The number of benzene rings is 2. The molecule has 0 spiro atoms. The van der Waals surface area contributed by atoms with Crippen molar-refractivity contribution in [1.82, 2.24) is 0 Å². The number of aliphatic hydroxyl groups is 1. The molecule has 0 aliphatic rings. The summed E-state index contributed by atoms with van der Waals surface area (Å²) in [5.74, 6) is -2.43. The van der Waals surface area contributed by atoms with Crippen molar-refractivity contribution >= 4 is 11.6 Å². The van der Waals surface area contributed by atoms with Crippen LogP contribution in [0.25, 0.3) is 0 Å². The molecule has 0 heterocycles. The lowest BCUT2D eigenvalue weighted by molar-refractivity contribution is 0.208. The number of rotatable bonds is 2. The number of hydrogen-bond acceptors (Lipinski definition) is 1. The summed E-state index contributed by atoms with van der Waals surface area (Å²) in [6.45, 7) is 1.45. The molecular weight excluding hydrogens is 277 g/mol. The summed E-state index contributed by atoms with van der Waals surface area (Å²) in [5, 5.41) is 10.1. The van der Waals surface area contributed by atoms with E-state index in [0.29, 0.717) is 0 Å². The predicted octanol–water partition coefficient (Wildman–Crippen LogP) is 4.15. The molecule has 0 amide bonds. The molecule has 0 saturated carbocycles. The van der Waals surface area contributed by atoms with Crippen LogP contribution in [0.5, 0.6) is 0 Å². The van der Waals surface area contributed by atoms with E-state index in [-0.39, 0.29) is 16.1 Å². The van der Waals surface area contributed by atoms with Crippen LogP contribution >= 0.6 is 11.6 Å². The minimum Gasteiger partial charge on any atom is -0.383 e. The first-order valence-corrected chi connectivity index (χ1v) is 5.86. The van der Waals surface area contributed by atoms with Gasteiger partial charge in [0.2, 0.25) is 0 Å². The predicted molar refractivity (Wildman–Crippen MR) is 66.6 cm³/mol. The highest BCUT2D eigenvalue weighted by Gasteiger charge is 2.21. The minimum atomic E-state index is -1.62. The zero-order valence-corrected chi connectivity index (χ0v) is 10.7. The smallest absolute Gasteiger partial charge is 0.135 e. The van der Waals surface area contributed by atoms with Crippen LogP contribution in [0.15, 0.2) is 30.3 Å². The molecule has 1 unspecified atom stereocenters. The molecule has 100 valence electrons. The fourth-order valence-corrected chi connectivity index (χ4v) is 2.06. The lowest BCUT2D eigenvalue weighted by Gasteiger charge is -2.15. The zero-order chi connectivity index (χ0) is 14.2. The van der Waals surface area contributed by atoms with Crippen molar-refractivity contribution in [3.8, 4) is 0 Å². The van der Waals surface area contributed by atoms with Gasteiger partial charge >= 0.3 is 0 Å². The molecule has 0 radical (unpaired) electrons. The van der Waals surface area contributed by atoms with Crippen molar-refractivity contribution in [1.29, 1.82) is 0 Å². The lowest BCUT2D eigenvalue weighted by Crippen LogP contribution is -2.07. The third-order valence-electron chi connectivity index (χ3n) is 2.79. The topological polar surface area (TPSA) is 20.2 Å². The van der Waals surface area contributed by atoms with E-state index >= 15 is 0 Å². The third kappa shape index (κ3) is 2.74. The molecule has 0 fully saturated rings. The summed E-state index contributed by atoms with van der Waals surface area (Å²) >= 11 is 5.65. The van der Waals surface area contributed by atoms with E-state index in [0.717, 1.165) is 18.2 Å². The second kappa shape index (κ2) is 5.23. The highest BCUT2D eigenvalue weighted by Crippen LogP contribution is 2.30. The van der Waals surface area contributed by atoms with Gasteiger partial charge in [-0.25, -0.2) is 13.2 Å². The minimum absolute atomic E-state index is 0.00611. The Morgan fingerprint density at radius 2 is 1.79 bits per heavy atom. The number of halogens is 4. The van der Waals surface area contributed by atoms with Gasteiger partial charge in [0.05, 0.1) is 5.56 Å². The van der Waals surface area contributed by atoms with Gasteiger partial charge in [-0.05, 0) is 42.3 Å². The van der Waals surface area contributed by atoms with Crippen LogP contribution in [-0.2, 0) is 0 Å². The fourth-order valence-electron chi connectivity index (χ4n) is 1.83. The maximum atomic E-state index is 13.9. The standard InChI is InChI=1S/C14H10ClF3O/c1-7-2-3-11(17)12(13(7)18)14(19)8-4-9(15)6-10(16)5-8/h2-6,14,19H,1H3. The van der Waals surface area contributed by atoms with E-state index in [1.807, 2.05) is 0 Å². The van der Waals surface area contributed by atoms with E-state index < -0.39 is 29.1 Å². The Balaban J connectivity index is 2.55. The van der Waals surface area contributed by atoms with Crippen molar-refractivity contribution in [2.45, 2.75) is 13.0 Å². The molecule has 0 saturated heterocycles. The van der Waals surface area contributed by atoms with Gasteiger partial charge in [0.1, 0.15) is 23.6 Å². The van der Waals surface area contributed by atoms with Gasteiger partial charge in [-0.2, -0.15) is 0 Å². The Bertz CT molecular complexity index is 608. The average molecular weight is 287 g/mol. The highest BCUT2D eigenvalue weighted by molar-refractivity contribution is 6.30. The van der Waals surface area contributed by atoms with Gasteiger partial charge < -0.3 is 5.11 Å². The Morgan fingerprint density at radius 3 is 2.42 bits per heavy atom. The highest BCUT2D eigenvalue weighted by atomic mass is 35.5. The zero-order valence-electron chi connectivity index (χ0n) is 9.92. The molecule has 0 aliphatic carbocycles. The summed E-state index contributed by atoms with van der Waals surface area (Å²) in [5.41, 5.74) is -0.326. The number of aryl methyl sites for hydroxylation is 1. The molecule has 0 aromatic heterocycles. The van der Waals surface area contributed by atoms with E-state index in [2.05, 4.69) is 0 Å². The maximum Gasteiger partial charge on any atom is 0.135 e. The van der Waals surface area contributed by atoms with Crippen molar-refractivity contribution in [3.05, 3.63) is 69.5 Å². The number of aliphatic hydroxyl groups excluding tert-OH is 1. The fraction of sp³-hybridized carbons (Fsp3) is 0.143. The van der Waals surface area contributed by atoms with Crippen LogP contribution in [0, 0.1) is 24.4 Å². The van der Waals surface area contributed by atoms with Crippen LogP contribution in [-0.4, -0.2) is 5.11 Å². The molecule has 0 aliphatic heterocycles. The Hall–Kier alpha value is -1.52. The molecule has 5 heteroatoms. The molecule has 2 aromatic rings. The van der Waals surface area contributed by atoms with Crippen molar-refractivity contribution < 1.29 is 18.3 Å². The molecule has 19 heavy (non-hydrogen) atoms. The average Bonchev–Trinajstić information content (AvgIpc) is 2.33. The summed E-state index contributed by atoms with van der Waals surface area (Å²) in [7, 11) is 0. The first-order valence-electron chi connectivity index (χ1n) is 5.48. The van der Waals surface area contributed by atoms with Crippen LogP contribution in [0.2, 0.25) is 5.02 Å². The van der Waals surface area contributed by atoms with E-state index in [1.54, 1.807) is 0 Å². The first kappa shape index (κ1) is 13.9. The van der Waals surface area contributed by atoms with Crippen LogP contribution in [0.3, 0.4) is 0 Å². The number of hydrogen-bond donors (Lipinski definition) is 1. The second-order valence-corrected chi connectivity index (χ2v) is 4.63. The summed E-state index contributed by atoms with van der Waals surface area (Å²) in [6, 6.07) is 5.60. The van der Waals surface area contributed by atoms with Gasteiger partial charge in [0, 0.05) is 5.02 Å². The van der Waals surface area contributed by atoms with Crippen molar-refractivity contribution in [2.75, 3.05) is 0 Å². The van der Waals surface area contributed by atoms with Crippen molar-refractivity contribution in [3.63, 3.8) is 0 Å². The van der Waals surface area contributed by atoms with Gasteiger partial charge in [0.25, 0.3) is 0 Å². The Morgan fingerprint density at radius 1 is 1.11 bits per heavy atom. The van der Waals surface area contributed by atoms with Gasteiger partial charge in [-0.3, -0.25) is 0 Å². The quantitative estimate of drug-likeness (QED) is 0.879. The molecule has 0 bridgehead atoms. The third-order valence-corrected chi connectivity index (χ3v) is 3.01. The van der Waals surface area contributed by atoms with E-state index in [4.69, 9.17) is 11.6 Å². The van der Waals surface area contributed by atoms with Crippen LogP contribution < -0.4 is 0 Å². The summed E-state index contributed by atoms with van der Waals surface area (Å²) < 4.78 is 40.7. The second-order valence-electron chi connectivity index (χ2n) is 4.20. The SMILES string of the molecule is Cc1ccc(F)c(C(O)c2cc(F)cc(Cl)c2)c1F. The molecular formula is C14H10ClF3O. The van der Waals surface area contributed by atoms with Gasteiger partial charge in [-0.15, -0.1) is 0 Å². The summed E-state index contributed by atoms with van der Waals surface area (Å²) in [6.07, 6.45) is -1.62. The molecule has 1 atom stereocenters. The van der Waals surface area contributed by atoms with Crippen LogP contribution in [0.4, 0.5) is 13.2 Å². The van der Waals surface area contributed by atoms with E-state index in [9.17, 15) is 18.3 Å². The normalized spacial score (nSPS) is 12.5. The van der Waals surface area contributed by atoms with Gasteiger partial charge in [-0.1, -0.05) is 17.7 Å². The first-order chi connectivity index (χ1) is 8.90. The Labute approximate surface area is 113 Å². The maximum absolute atomic E-state index is 13.9. The summed E-state index contributed by atoms with van der Waals surface area (Å²) in [4.78, 5) is 0. The monoisotopic (exact) mass is 286 g/mol. The Kier molecular flexibility index (Phi) is 3.83. The largest absolute Gasteiger partial charge is 0.383 e. The molecule has 2 rings (SSSR count). The van der Waals surface area contributed by atoms with E-state index in [1.165, 1.54) is 19.1 Å². The molecule has 2 aromatic carbocycles. The molecule has 1 nitrogen and oxygen atoms in total. The lowest BCUT2D eigenvalue weighted by atomic mass is 9.98. The van der Waals surface area contributed by atoms with Crippen molar-refractivity contribution in [2.24, 2.45) is 0 Å². The van der Waals surface area contributed by atoms with Gasteiger partial charge in [0.15, 0.2) is 0 Å². The van der Waals surface area contributed by atoms with Crippen LogP contribution in [0.1, 0.15) is 22.8 Å².